The highest BCUT2D eigenvalue weighted by Crippen LogP contribution is 2.72. The van der Waals surface area contributed by atoms with Crippen molar-refractivity contribution in [1.82, 2.24) is 10.6 Å². The molecule has 4 saturated carbocycles. The number of allylic oxidation sites excluding steroid dienone is 3. The Morgan fingerprint density at radius 3 is 2.29 bits per heavy atom. The molecule has 0 saturated heterocycles. The molecule has 5 aliphatic rings. The van der Waals surface area contributed by atoms with Crippen LogP contribution < -0.4 is 10.6 Å². The normalized spacial score (nSPS) is 36.4. The number of carbonyl (C=O) groups is 2. The Balaban J connectivity index is 0.00000145. The Kier molecular flexibility index (Phi) is 10.8. The number of nitrogens with one attached hydrogen (secondary N) is 2. The van der Waals surface area contributed by atoms with E-state index in [4.69, 9.17) is 4.74 Å². The highest BCUT2D eigenvalue weighted by Gasteiger charge is 2.65. The minimum Gasteiger partial charge on any atom is -0.444 e. The van der Waals surface area contributed by atoms with E-state index in [0.29, 0.717) is 28.8 Å². The van der Waals surface area contributed by atoms with Crippen molar-refractivity contribution in [3.63, 3.8) is 0 Å². The first kappa shape index (κ1) is 36.9. The van der Waals surface area contributed by atoms with Crippen LogP contribution in [0.1, 0.15) is 142 Å². The number of aldehydes is 1. The van der Waals surface area contributed by atoms with Crippen LogP contribution in [-0.4, -0.2) is 36.6 Å². The fourth-order valence-corrected chi connectivity index (χ4v) is 12.3. The fraction of sp³-hybridized carbons (Fsp3) is 0.721. The van der Waals surface area contributed by atoms with E-state index in [1.54, 1.807) is 6.08 Å². The Morgan fingerprint density at radius 2 is 1.62 bits per heavy atom. The minimum absolute atomic E-state index is 0.114. The van der Waals surface area contributed by atoms with E-state index < -0.39 is 5.60 Å². The maximum absolute atomic E-state index is 12.1. The molecule has 8 atom stereocenters. The third-order valence-corrected chi connectivity index (χ3v) is 13.9. The summed E-state index contributed by atoms with van der Waals surface area (Å²) in [5.41, 5.74) is 4.24. The van der Waals surface area contributed by atoms with Gasteiger partial charge in [-0.25, -0.2) is 4.79 Å². The summed E-state index contributed by atoms with van der Waals surface area (Å²) in [6, 6.07) is 8.29. The highest BCUT2D eigenvalue weighted by atomic mass is 16.6. The highest BCUT2D eigenvalue weighted by molar-refractivity contribution is 5.78. The van der Waals surface area contributed by atoms with Gasteiger partial charge in [-0.1, -0.05) is 70.5 Å². The fourth-order valence-electron chi connectivity index (χ4n) is 12.3. The lowest BCUT2D eigenvalue weighted by atomic mass is 9.37. The number of rotatable bonds is 7. The van der Waals surface area contributed by atoms with E-state index in [1.165, 1.54) is 75.3 Å². The molecule has 0 bridgehead atoms. The van der Waals surface area contributed by atoms with Gasteiger partial charge in [-0.3, -0.25) is 4.79 Å². The molecule has 0 spiro atoms. The van der Waals surface area contributed by atoms with Crippen LogP contribution in [0.3, 0.4) is 0 Å². The van der Waals surface area contributed by atoms with E-state index in [0.717, 1.165) is 48.5 Å². The van der Waals surface area contributed by atoms with Gasteiger partial charge in [-0.05, 0) is 155 Å². The molecule has 4 fully saturated rings. The Hall–Kier alpha value is -2.40. The molecule has 2 N–H and O–H groups in total. The Morgan fingerprint density at radius 1 is 0.917 bits per heavy atom. The van der Waals surface area contributed by atoms with Crippen LogP contribution >= 0.6 is 0 Å². The average Bonchev–Trinajstić information content (AvgIpc) is 3.45. The molecule has 8 unspecified atom stereocenters. The topological polar surface area (TPSA) is 67.4 Å². The molecule has 5 nitrogen and oxygen atoms in total. The number of hydrogen-bond donors (Lipinski definition) is 2. The first-order chi connectivity index (χ1) is 22.6. The van der Waals surface area contributed by atoms with Crippen LogP contribution in [0.25, 0.3) is 5.57 Å². The van der Waals surface area contributed by atoms with Crippen LogP contribution in [0, 0.1) is 45.8 Å². The largest absolute Gasteiger partial charge is 0.444 e. The maximum Gasteiger partial charge on any atom is 0.407 e. The van der Waals surface area contributed by atoms with Gasteiger partial charge in [0.05, 0.1) is 0 Å². The first-order valence-electron chi connectivity index (χ1n) is 19.2. The van der Waals surface area contributed by atoms with Gasteiger partial charge >= 0.3 is 6.09 Å². The average molecular weight is 659 g/mol. The van der Waals surface area contributed by atoms with Crippen molar-refractivity contribution in [2.75, 3.05) is 13.1 Å². The summed E-state index contributed by atoms with van der Waals surface area (Å²) in [6.45, 7) is 23.0. The summed E-state index contributed by atoms with van der Waals surface area (Å²) in [5, 5.41) is 7.05. The second-order valence-corrected chi connectivity index (χ2v) is 18.1. The lowest BCUT2D eigenvalue weighted by molar-refractivity contribution is -0.172. The summed E-state index contributed by atoms with van der Waals surface area (Å²) in [6.07, 6.45) is 19.3. The summed E-state index contributed by atoms with van der Waals surface area (Å²) < 4.78 is 5.41. The first-order valence-corrected chi connectivity index (χ1v) is 19.2. The van der Waals surface area contributed by atoms with Crippen molar-refractivity contribution in [2.45, 2.75) is 137 Å². The van der Waals surface area contributed by atoms with Crippen molar-refractivity contribution in [1.29, 1.82) is 0 Å². The van der Waals surface area contributed by atoms with Gasteiger partial charge in [-0.2, -0.15) is 0 Å². The summed E-state index contributed by atoms with van der Waals surface area (Å²) in [7, 11) is 0. The second kappa shape index (κ2) is 14.1. The Bertz CT molecular complexity index is 1340. The second-order valence-electron chi connectivity index (χ2n) is 18.1. The molecule has 48 heavy (non-hydrogen) atoms. The molecule has 0 radical (unpaired) electrons. The van der Waals surface area contributed by atoms with Crippen LogP contribution in [0.2, 0.25) is 0 Å². The third kappa shape index (κ3) is 6.83. The summed E-state index contributed by atoms with van der Waals surface area (Å²) in [5.74, 6) is 3.93. The molecule has 5 aliphatic carbocycles. The lowest BCUT2D eigenvalue weighted by Crippen LogP contribution is -2.63. The van der Waals surface area contributed by atoms with Crippen LogP contribution in [0.4, 0.5) is 4.79 Å². The minimum atomic E-state index is -0.457. The molecule has 1 aromatic carbocycles. The predicted molar refractivity (Wildman–Crippen MR) is 199 cm³/mol. The van der Waals surface area contributed by atoms with Gasteiger partial charge in [0.15, 0.2) is 0 Å². The summed E-state index contributed by atoms with van der Waals surface area (Å²) in [4.78, 5) is 23.4. The van der Waals surface area contributed by atoms with Crippen molar-refractivity contribution in [3.05, 3.63) is 54.1 Å². The zero-order valence-electron chi connectivity index (χ0n) is 31.6. The molecule has 5 heteroatoms. The molecular weight excluding hydrogens is 592 g/mol. The molecule has 0 aliphatic heterocycles. The summed E-state index contributed by atoms with van der Waals surface area (Å²) >= 11 is 0. The number of carbonyl (C=O) groups excluding carboxylic acids is 2. The predicted octanol–water partition coefficient (Wildman–Crippen LogP) is 10.4. The van der Waals surface area contributed by atoms with E-state index in [9.17, 15) is 9.59 Å². The number of alkyl carbamates (subject to hydrolysis) is 1. The van der Waals surface area contributed by atoms with Crippen LogP contribution in [0.15, 0.2) is 43.0 Å². The quantitative estimate of drug-likeness (QED) is 0.174. The smallest absolute Gasteiger partial charge is 0.407 e. The molecule has 0 aromatic heterocycles. The van der Waals surface area contributed by atoms with Gasteiger partial charge in [0.25, 0.3) is 0 Å². The number of amides is 1. The maximum atomic E-state index is 12.1. The molecule has 0 heterocycles. The van der Waals surface area contributed by atoms with E-state index in [-0.39, 0.29) is 11.5 Å². The Labute approximate surface area is 292 Å². The molecule has 266 valence electrons. The number of fused-ring (bicyclic) bond motifs is 7. The van der Waals surface area contributed by atoms with Crippen molar-refractivity contribution in [3.8, 4) is 0 Å². The molecular formula is C43H66N2O3. The zero-order valence-corrected chi connectivity index (χ0v) is 31.6. The van der Waals surface area contributed by atoms with Crippen molar-refractivity contribution >= 4 is 18.0 Å². The molecule has 1 aromatic rings. The van der Waals surface area contributed by atoms with Crippen molar-refractivity contribution < 1.29 is 14.3 Å². The third-order valence-electron chi connectivity index (χ3n) is 13.9. The molecule has 1 amide bonds. The molecule has 6 rings (SSSR count). The van der Waals surface area contributed by atoms with Gasteiger partial charge in [0.2, 0.25) is 0 Å². The van der Waals surface area contributed by atoms with Crippen LogP contribution in [0.5, 0.6) is 0 Å². The standard InChI is InChI=1S/C40H60N2O3.C3H6/c1-36(2,3)45-35(44)41-24-9-25-42-40-20-8-10-32(40)29-15-16-34-38(6,31(29)18-23-40)22-19-33-37(4,5)30(17-21-39(33,34)7)28-13-11-27(26-43)12-14-28;1-3-2/h11-14,17,26,29,31-34,42H,8-10,15-16,18-25H2,1-7H3,(H,41,44);3H,1H2,2H3. The van der Waals surface area contributed by atoms with Crippen LogP contribution in [-0.2, 0) is 4.74 Å². The zero-order chi connectivity index (χ0) is 35.0. The van der Waals surface area contributed by atoms with Gasteiger partial charge < -0.3 is 15.4 Å². The van der Waals surface area contributed by atoms with E-state index in [2.05, 4.69) is 63.1 Å². The van der Waals surface area contributed by atoms with Gasteiger partial charge in [0.1, 0.15) is 11.9 Å². The monoisotopic (exact) mass is 659 g/mol. The number of benzene rings is 1. The van der Waals surface area contributed by atoms with Gasteiger partial charge in [-0.15, -0.1) is 6.58 Å². The van der Waals surface area contributed by atoms with E-state index >= 15 is 0 Å². The van der Waals surface area contributed by atoms with E-state index in [1.807, 2.05) is 39.8 Å². The van der Waals surface area contributed by atoms with Crippen molar-refractivity contribution in [2.24, 2.45) is 45.8 Å². The van der Waals surface area contributed by atoms with Gasteiger partial charge in [0, 0.05) is 17.6 Å². The lowest BCUT2D eigenvalue weighted by Gasteiger charge is -2.68. The number of ether oxygens (including phenoxy) is 1. The number of hydrogen-bond acceptors (Lipinski definition) is 4. The SMILES string of the molecule is C=CC.CC(C)(C)OC(=O)NCCCNC12CCCC1C1CCC3C(C)(CCC4C(C)(C)C(c5ccc(C=O)cc5)=CCC43C)C1CC2.